The van der Waals surface area contributed by atoms with E-state index in [0.29, 0.717) is 25.9 Å². The van der Waals surface area contributed by atoms with Gasteiger partial charge in [0.05, 0.1) is 0 Å². The summed E-state index contributed by atoms with van der Waals surface area (Å²) in [4.78, 5) is 29.5. The molecule has 0 radical (unpaired) electrons. The summed E-state index contributed by atoms with van der Waals surface area (Å²) in [5.41, 5.74) is 0. The van der Waals surface area contributed by atoms with Crippen LogP contribution in [0.15, 0.2) is 0 Å². The maximum atomic E-state index is 12.1. The molecule has 1 amide bonds. The van der Waals surface area contributed by atoms with Crippen molar-refractivity contribution in [2.24, 2.45) is 0 Å². The highest BCUT2D eigenvalue weighted by Gasteiger charge is 2.08. The largest absolute Gasteiger partial charge is 0.368 e. The predicted octanol–water partition coefficient (Wildman–Crippen LogP) is 10.8. The van der Waals surface area contributed by atoms with Crippen molar-refractivity contribution in [2.75, 3.05) is 20.1 Å². The summed E-state index contributed by atoms with van der Waals surface area (Å²) in [6.07, 6.45) is 36.0. The lowest BCUT2D eigenvalue weighted by Crippen LogP contribution is -2.29. The van der Waals surface area contributed by atoms with Gasteiger partial charge in [-0.1, -0.05) is 168 Å². The third-order valence-electron chi connectivity index (χ3n) is 8.22. The van der Waals surface area contributed by atoms with Crippen LogP contribution in [-0.2, 0) is 14.4 Å². The van der Waals surface area contributed by atoms with Crippen LogP contribution in [0.1, 0.15) is 200 Å². The Hall–Kier alpha value is -1.10. The number of hydroxylamine groups is 2. The fourth-order valence-corrected chi connectivity index (χ4v) is 5.47. The van der Waals surface area contributed by atoms with Crippen molar-refractivity contribution in [2.45, 2.75) is 200 Å². The first-order valence-electron chi connectivity index (χ1n) is 18.3. The highest BCUT2D eigenvalue weighted by molar-refractivity contribution is 5.75. The molecule has 0 aromatic heterocycles. The SMILES string of the molecule is CCCCCCCCCCCCCCCC(=O)NCCCN(C)OC(=O)CCCCCCCCCCCCCCC. The lowest BCUT2D eigenvalue weighted by atomic mass is 10.0. The van der Waals surface area contributed by atoms with Crippen molar-refractivity contribution < 1.29 is 14.4 Å². The minimum atomic E-state index is -0.137. The van der Waals surface area contributed by atoms with E-state index in [9.17, 15) is 9.59 Å². The zero-order valence-electron chi connectivity index (χ0n) is 28.1. The molecule has 5 nitrogen and oxygen atoms in total. The van der Waals surface area contributed by atoms with Gasteiger partial charge >= 0.3 is 5.97 Å². The molecule has 0 aliphatic heterocycles. The molecular formula is C36H72N2O3. The summed E-state index contributed by atoms with van der Waals surface area (Å²) in [7, 11) is 1.80. The molecule has 0 spiro atoms. The second kappa shape index (κ2) is 33.4. The van der Waals surface area contributed by atoms with Gasteiger partial charge in [0, 0.05) is 33.0 Å². The highest BCUT2D eigenvalue weighted by atomic mass is 16.7. The van der Waals surface area contributed by atoms with Crippen LogP contribution >= 0.6 is 0 Å². The normalized spacial score (nSPS) is 11.3. The van der Waals surface area contributed by atoms with Crippen molar-refractivity contribution in [3.05, 3.63) is 0 Å². The van der Waals surface area contributed by atoms with Crippen molar-refractivity contribution in [3.63, 3.8) is 0 Å². The van der Waals surface area contributed by atoms with E-state index in [1.807, 2.05) is 0 Å². The van der Waals surface area contributed by atoms with Gasteiger partial charge in [0.15, 0.2) is 0 Å². The van der Waals surface area contributed by atoms with Crippen LogP contribution in [0.25, 0.3) is 0 Å². The summed E-state index contributed by atoms with van der Waals surface area (Å²) in [6.45, 7) is 5.82. The van der Waals surface area contributed by atoms with Crippen LogP contribution in [0, 0.1) is 0 Å². The van der Waals surface area contributed by atoms with E-state index in [0.717, 1.165) is 32.1 Å². The van der Waals surface area contributed by atoms with Crippen molar-refractivity contribution in [3.8, 4) is 0 Å². The number of hydrogen-bond acceptors (Lipinski definition) is 4. The Labute approximate surface area is 256 Å². The molecule has 0 aliphatic rings. The molecule has 0 unspecified atom stereocenters. The molecule has 1 N–H and O–H groups in total. The van der Waals surface area contributed by atoms with E-state index in [1.54, 1.807) is 12.1 Å². The van der Waals surface area contributed by atoms with Crippen LogP contribution in [0.2, 0.25) is 0 Å². The van der Waals surface area contributed by atoms with Gasteiger partial charge in [-0.3, -0.25) is 9.59 Å². The van der Waals surface area contributed by atoms with E-state index < -0.39 is 0 Å². The van der Waals surface area contributed by atoms with Crippen LogP contribution < -0.4 is 5.32 Å². The number of nitrogens with one attached hydrogen (secondary N) is 1. The number of carbonyl (C=O) groups is 2. The van der Waals surface area contributed by atoms with Gasteiger partial charge in [-0.2, -0.15) is 0 Å². The molecule has 41 heavy (non-hydrogen) atoms. The molecule has 0 bridgehead atoms. The number of amides is 1. The molecule has 244 valence electrons. The Morgan fingerprint density at radius 3 is 1.22 bits per heavy atom. The molecule has 0 fully saturated rings. The maximum Gasteiger partial charge on any atom is 0.325 e. The van der Waals surface area contributed by atoms with Crippen LogP contribution in [0.4, 0.5) is 0 Å². The summed E-state index contributed by atoms with van der Waals surface area (Å²) < 4.78 is 0. The average molecular weight is 581 g/mol. The van der Waals surface area contributed by atoms with Crippen LogP contribution in [-0.4, -0.2) is 37.1 Å². The van der Waals surface area contributed by atoms with Crippen molar-refractivity contribution >= 4 is 11.9 Å². The van der Waals surface area contributed by atoms with Gasteiger partial charge in [-0.15, -0.1) is 5.06 Å². The number of carbonyl (C=O) groups excluding carboxylic acids is 2. The Morgan fingerprint density at radius 2 is 0.829 bits per heavy atom. The summed E-state index contributed by atoms with van der Waals surface area (Å²) in [5.74, 6) is 0.0112. The topological polar surface area (TPSA) is 58.6 Å². The van der Waals surface area contributed by atoms with E-state index in [2.05, 4.69) is 19.2 Å². The first-order chi connectivity index (χ1) is 20.1. The highest BCUT2D eigenvalue weighted by Crippen LogP contribution is 2.14. The van der Waals surface area contributed by atoms with Gasteiger partial charge < -0.3 is 10.2 Å². The first kappa shape index (κ1) is 39.9. The zero-order valence-corrected chi connectivity index (χ0v) is 28.1. The number of rotatable bonds is 33. The van der Waals surface area contributed by atoms with Crippen LogP contribution in [0.5, 0.6) is 0 Å². The lowest BCUT2D eigenvalue weighted by Gasteiger charge is -2.16. The Bertz CT molecular complexity index is 555. The van der Waals surface area contributed by atoms with E-state index >= 15 is 0 Å². The predicted molar refractivity (Wildman–Crippen MR) is 177 cm³/mol. The molecule has 0 heterocycles. The van der Waals surface area contributed by atoms with Gasteiger partial charge in [-0.25, -0.2) is 0 Å². The molecule has 0 aliphatic carbocycles. The minimum Gasteiger partial charge on any atom is -0.368 e. The smallest absolute Gasteiger partial charge is 0.325 e. The molecule has 0 saturated heterocycles. The summed E-state index contributed by atoms with van der Waals surface area (Å²) in [5, 5.41) is 4.62. The fourth-order valence-electron chi connectivity index (χ4n) is 5.47. The third kappa shape index (κ3) is 33.3. The van der Waals surface area contributed by atoms with Gasteiger partial charge in [0.2, 0.25) is 5.91 Å². The Kier molecular flexibility index (Phi) is 32.5. The monoisotopic (exact) mass is 581 g/mol. The number of nitrogens with zero attached hydrogens (tertiary/aromatic N) is 1. The van der Waals surface area contributed by atoms with Gasteiger partial charge in [-0.05, 0) is 19.3 Å². The molecular weight excluding hydrogens is 508 g/mol. The Balaban J connectivity index is 3.38. The molecule has 5 heteroatoms. The van der Waals surface area contributed by atoms with Crippen molar-refractivity contribution in [1.29, 1.82) is 0 Å². The number of unbranched alkanes of at least 4 members (excludes halogenated alkanes) is 24. The van der Waals surface area contributed by atoms with E-state index in [1.165, 1.54) is 141 Å². The van der Waals surface area contributed by atoms with Crippen molar-refractivity contribution in [1.82, 2.24) is 10.4 Å². The minimum absolute atomic E-state index is 0.137. The van der Waals surface area contributed by atoms with E-state index in [4.69, 9.17) is 4.84 Å². The number of hydrogen-bond donors (Lipinski definition) is 1. The van der Waals surface area contributed by atoms with Gasteiger partial charge in [0.25, 0.3) is 0 Å². The fraction of sp³-hybridized carbons (Fsp3) is 0.944. The molecule has 0 aromatic carbocycles. The molecule has 0 saturated carbocycles. The zero-order chi connectivity index (χ0) is 30.1. The summed E-state index contributed by atoms with van der Waals surface area (Å²) in [6, 6.07) is 0. The molecule has 0 aromatic rings. The summed E-state index contributed by atoms with van der Waals surface area (Å²) >= 11 is 0. The molecule has 0 atom stereocenters. The standard InChI is InChI=1S/C36H72N2O3/c1-4-6-8-10-12-14-16-18-20-22-24-26-28-31-35(39)37-33-30-34-38(3)41-36(40)32-29-27-25-23-21-19-17-15-13-11-9-7-5-2/h4-34H2,1-3H3,(H,37,39). The van der Waals surface area contributed by atoms with Crippen LogP contribution in [0.3, 0.4) is 0 Å². The average Bonchev–Trinajstić information content (AvgIpc) is 2.96. The second-order valence-electron chi connectivity index (χ2n) is 12.5. The Morgan fingerprint density at radius 1 is 0.488 bits per heavy atom. The second-order valence-corrected chi connectivity index (χ2v) is 12.5. The molecule has 0 rings (SSSR count). The third-order valence-corrected chi connectivity index (χ3v) is 8.22. The maximum absolute atomic E-state index is 12.1. The quantitative estimate of drug-likeness (QED) is 0.0619. The van der Waals surface area contributed by atoms with E-state index in [-0.39, 0.29) is 11.9 Å². The first-order valence-corrected chi connectivity index (χ1v) is 18.3. The van der Waals surface area contributed by atoms with Gasteiger partial charge in [0.1, 0.15) is 0 Å². The lowest BCUT2D eigenvalue weighted by molar-refractivity contribution is -0.184.